The van der Waals surface area contributed by atoms with Gasteiger partial charge in [0, 0.05) is 29.9 Å². The first-order valence-corrected chi connectivity index (χ1v) is 13.6. The first-order valence-electron chi connectivity index (χ1n) is 11.6. The van der Waals surface area contributed by atoms with E-state index in [2.05, 4.69) is 17.9 Å². The monoisotopic (exact) mass is 541 g/mol. The van der Waals surface area contributed by atoms with E-state index in [9.17, 15) is 22.8 Å². The summed E-state index contributed by atoms with van der Waals surface area (Å²) in [4.78, 5) is 38.1. The fraction of sp³-hybridized carbons (Fsp3) is 0.269. The number of Topliss-reactive ketones (excluding diaryl/α,β-unsaturated/α-hetero) is 1. The molecule has 1 heterocycles. The molecule has 2 atom stereocenters. The summed E-state index contributed by atoms with van der Waals surface area (Å²) in [6.07, 6.45) is 0.275. The van der Waals surface area contributed by atoms with Gasteiger partial charge >= 0.3 is 5.97 Å². The highest BCUT2D eigenvalue weighted by Gasteiger charge is 2.42. The second-order valence-electron chi connectivity index (χ2n) is 8.83. The summed E-state index contributed by atoms with van der Waals surface area (Å²) in [7, 11) is -2.43. The Morgan fingerprint density at radius 3 is 2.41 bits per heavy atom. The fourth-order valence-corrected chi connectivity index (χ4v) is 6.76. The number of ketones is 1. The van der Waals surface area contributed by atoms with Gasteiger partial charge in [0.2, 0.25) is 15.9 Å². The largest absolute Gasteiger partial charge is 0.478 e. The molecule has 4 rings (SSSR count). The number of nitrogens with zero attached hydrogens (tertiary/aromatic N) is 2. The molecule has 1 aliphatic rings. The van der Waals surface area contributed by atoms with E-state index in [0.29, 0.717) is 11.1 Å². The summed E-state index contributed by atoms with van der Waals surface area (Å²) < 4.78 is 28.5. The number of carboxylic acid groups (broad SMARTS) is 1. The maximum absolute atomic E-state index is 13.6. The lowest BCUT2D eigenvalue weighted by Gasteiger charge is -2.24. The number of nitrogens with one attached hydrogen (secondary N) is 1. The van der Waals surface area contributed by atoms with E-state index in [1.807, 2.05) is 18.2 Å². The summed E-state index contributed by atoms with van der Waals surface area (Å²) in [6.45, 7) is -0.237. The Kier molecular flexibility index (Phi) is 7.98. The van der Waals surface area contributed by atoms with Gasteiger partial charge < -0.3 is 15.3 Å². The molecule has 11 heteroatoms. The van der Waals surface area contributed by atoms with Crippen LogP contribution in [0, 0.1) is 0 Å². The molecule has 37 heavy (non-hydrogen) atoms. The van der Waals surface area contributed by atoms with Crippen molar-refractivity contribution in [3.8, 4) is 0 Å². The number of carbonyl (C=O) groups is 3. The number of likely N-dealkylation sites (N-methyl/N-ethyl adjacent to an activating group) is 1. The van der Waals surface area contributed by atoms with Gasteiger partial charge in [-0.15, -0.1) is 0 Å². The lowest BCUT2D eigenvalue weighted by Crippen LogP contribution is -2.45. The number of fused-ring (bicyclic) bond motifs is 1. The van der Waals surface area contributed by atoms with Crippen LogP contribution in [0.5, 0.6) is 0 Å². The maximum Gasteiger partial charge on any atom is 0.335 e. The molecule has 0 radical (unpaired) electrons. The standard InChI is InChI=1S/C26H27N3O6S2/c1-28(19-11-9-18(10-12-19)26(32)33)25(31)15-27-14-23(30)22-13-20(36)16-29(22)37(34,35)24-8-4-6-17-5-2-3-7-21(17)24/h2-12,20,22,27,36H,13-16H2,1H3,(H,32,33). The fourth-order valence-electron chi connectivity index (χ4n) is 4.39. The predicted octanol–water partition coefficient (Wildman–Crippen LogP) is 2.42. The van der Waals surface area contributed by atoms with Crippen molar-refractivity contribution in [1.29, 1.82) is 0 Å². The molecule has 0 aromatic heterocycles. The molecule has 0 spiro atoms. The molecule has 3 aromatic rings. The average molecular weight is 542 g/mol. The Hall–Kier alpha value is -3.25. The molecule has 1 amide bonds. The van der Waals surface area contributed by atoms with Crippen molar-refractivity contribution < 1.29 is 27.9 Å². The van der Waals surface area contributed by atoms with Crippen LogP contribution in [0.15, 0.2) is 71.6 Å². The zero-order valence-electron chi connectivity index (χ0n) is 20.1. The topological polar surface area (TPSA) is 124 Å². The van der Waals surface area contributed by atoms with Crippen molar-refractivity contribution in [2.45, 2.75) is 22.6 Å². The third-order valence-electron chi connectivity index (χ3n) is 6.39. The quantitative estimate of drug-likeness (QED) is 0.356. The van der Waals surface area contributed by atoms with Crippen LogP contribution in [0.3, 0.4) is 0 Å². The Morgan fingerprint density at radius 2 is 1.70 bits per heavy atom. The number of thiol groups is 1. The number of hydrogen-bond donors (Lipinski definition) is 3. The van der Waals surface area contributed by atoms with Crippen LogP contribution in [0.2, 0.25) is 0 Å². The SMILES string of the molecule is CN(C(=O)CNCC(=O)C1CC(S)CN1S(=O)(=O)c1cccc2ccccc12)c1ccc(C(=O)O)cc1. The third-order valence-corrected chi connectivity index (χ3v) is 8.70. The van der Waals surface area contributed by atoms with Crippen LogP contribution in [-0.4, -0.2) is 73.5 Å². The summed E-state index contributed by atoms with van der Waals surface area (Å²) in [6, 6.07) is 17.2. The van der Waals surface area contributed by atoms with Gasteiger partial charge in [-0.05, 0) is 42.1 Å². The number of carbonyl (C=O) groups excluding carboxylic acids is 2. The van der Waals surface area contributed by atoms with E-state index in [-0.39, 0.29) is 53.5 Å². The maximum atomic E-state index is 13.6. The first kappa shape index (κ1) is 26.8. The molecule has 3 aromatic carbocycles. The zero-order valence-corrected chi connectivity index (χ0v) is 21.8. The Labute approximate surface area is 220 Å². The van der Waals surface area contributed by atoms with Gasteiger partial charge in [0.05, 0.1) is 29.6 Å². The summed E-state index contributed by atoms with van der Waals surface area (Å²) in [5.41, 5.74) is 0.611. The highest BCUT2D eigenvalue weighted by molar-refractivity contribution is 7.89. The number of carboxylic acids is 1. The van der Waals surface area contributed by atoms with Crippen molar-refractivity contribution in [3.63, 3.8) is 0 Å². The molecule has 1 aliphatic heterocycles. The number of benzene rings is 3. The molecule has 9 nitrogen and oxygen atoms in total. The smallest absolute Gasteiger partial charge is 0.335 e. The van der Waals surface area contributed by atoms with Crippen molar-refractivity contribution >= 4 is 56.8 Å². The van der Waals surface area contributed by atoms with Crippen LogP contribution in [0.25, 0.3) is 10.8 Å². The molecule has 1 saturated heterocycles. The van der Waals surface area contributed by atoms with E-state index < -0.39 is 22.0 Å². The van der Waals surface area contributed by atoms with E-state index in [1.54, 1.807) is 31.3 Å². The second-order valence-corrected chi connectivity index (χ2v) is 11.4. The van der Waals surface area contributed by atoms with Crippen LogP contribution >= 0.6 is 12.6 Å². The average Bonchev–Trinajstić information content (AvgIpc) is 3.30. The van der Waals surface area contributed by atoms with Gasteiger partial charge in [0.15, 0.2) is 5.78 Å². The van der Waals surface area contributed by atoms with Gasteiger partial charge in [-0.25, -0.2) is 13.2 Å². The number of rotatable bonds is 9. The highest BCUT2D eigenvalue weighted by Crippen LogP contribution is 2.32. The second kappa shape index (κ2) is 11.0. The van der Waals surface area contributed by atoms with Crippen molar-refractivity contribution in [2.75, 3.05) is 31.6 Å². The number of sulfonamides is 1. The Balaban J connectivity index is 1.42. The van der Waals surface area contributed by atoms with Gasteiger partial charge in [0.25, 0.3) is 0 Å². The minimum atomic E-state index is -3.97. The first-order chi connectivity index (χ1) is 17.6. The minimum absolute atomic E-state index is 0.107. The number of anilines is 1. The molecule has 194 valence electrons. The van der Waals surface area contributed by atoms with E-state index in [4.69, 9.17) is 5.11 Å². The Morgan fingerprint density at radius 1 is 1.03 bits per heavy atom. The predicted molar refractivity (Wildman–Crippen MR) is 144 cm³/mol. The third kappa shape index (κ3) is 5.69. The molecule has 2 unspecified atom stereocenters. The number of amides is 1. The van der Waals surface area contributed by atoms with Crippen LogP contribution in [0.1, 0.15) is 16.8 Å². The van der Waals surface area contributed by atoms with Crippen molar-refractivity contribution in [1.82, 2.24) is 9.62 Å². The van der Waals surface area contributed by atoms with Crippen molar-refractivity contribution in [2.24, 2.45) is 0 Å². The molecular formula is C26H27N3O6S2. The number of aromatic carboxylic acids is 1. The van der Waals surface area contributed by atoms with E-state index in [0.717, 1.165) is 5.39 Å². The van der Waals surface area contributed by atoms with Crippen LogP contribution in [0.4, 0.5) is 5.69 Å². The lowest BCUT2D eigenvalue weighted by atomic mass is 10.1. The molecular weight excluding hydrogens is 514 g/mol. The van der Waals surface area contributed by atoms with Gasteiger partial charge in [0.1, 0.15) is 0 Å². The van der Waals surface area contributed by atoms with E-state index >= 15 is 0 Å². The normalized spacial score (nSPS) is 18.1. The Bertz CT molecular complexity index is 1440. The number of hydrogen-bond acceptors (Lipinski definition) is 7. The van der Waals surface area contributed by atoms with Gasteiger partial charge in [-0.2, -0.15) is 16.9 Å². The van der Waals surface area contributed by atoms with Crippen molar-refractivity contribution in [3.05, 3.63) is 72.3 Å². The molecule has 0 aliphatic carbocycles. The highest BCUT2D eigenvalue weighted by atomic mass is 32.2. The molecule has 1 fully saturated rings. The van der Waals surface area contributed by atoms with Crippen LogP contribution in [-0.2, 0) is 19.6 Å². The van der Waals surface area contributed by atoms with E-state index in [1.165, 1.54) is 33.5 Å². The minimum Gasteiger partial charge on any atom is -0.478 e. The molecule has 0 saturated carbocycles. The molecule has 0 bridgehead atoms. The lowest BCUT2D eigenvalue weighted by molar-refractivity contribution is -0.121. The molecule has 2 N–H and O–H groups in total. The van der Waals surface area contributed by atoms with Gasteiger partial charge in [-0.1, -0.05) is 36.4 Å². The summed E-state index contributed by atoms with van der Waals surface area (Å²) in [5, 5.41) is 12.9. The van der Waals surface area contributed by atoms with Gasteiger partial charge in [-0.3, -0.25) is 9.59 Å². The van der Waals surface area contributed by atoms with Crippen LogP contribution < -0.4 is 10.2 Å². The summed E-state index contributed by atoms with van der Waals surface area (Å²) >= 11 is 4.46. The zero-order chi connectivity index (χ0) is 26.7. The summed E-state index contributed by atoms with van der Waals surface area (Å²) in [5.74, 6) is -1.75.